The first-order chi connectivity index (χ1) is 16.0. The Balaban J connectivity index is 1.08. The third-order valence-corrected chi connectivity index (χ3v) is 8.11. The van der Waals surface area contributed by atoms with E-state index in [9.17, 15) is 13.2 Å². The van der Waals surface area contributed by atoms with Gasteiger partial charge in [-0.15, -0.1) is 0 Å². The fraction of sp³-hybridized carbons (Fsp3) is 0.560. The zero-order valence-electron chi connectivity index (χ0n) is 18.9. The second-order valence-corrected chi connectivity index (χ2v) is 10.8. The van der Waals surface area contributed by atoms with E-state index in [0.29, 0.717) is 37.3 Å². The van der Waals surface area contributed by atoms with Gasteiger partial charge in [0, 0.05) is 31.7 Å². The van der Waals surface area contributed by atoms with Gasteiger partial charge in [0.15, 0.2) is 0 Å². The molecule has 1 aromatic heterocycles. The van der Waals surface area contributed by atoms with Crippen LogP contribution in [0, 0.1) is 11.8 Å². The number of benzene rings is 1. The van der Waals surface area contributed by atoms with E-state index in [-0.39, 0.29) is 17.2 Å². The van der Waals surface area contributed by atoms with Crippen molar-refractivity contribution in [1.82, 2.24) is 9.21 Å². The van der Waals surface area contributed by atoms with Crippen molar-refractivity contribution in [2.75, 3.05) is 13.2 Å². The normalized spacial score (nSPS) is 23.2. The molecule has 0 spiro atoms. The van der Waals surface area contributed by atoms with Gasteiger partial charge in [-0.1, -0.05) is 24.3 Å². The number of rotatable bonds is 9. The maximum Gasteiger partial charge on any atom is 0.227 e. The van der Waals surface area contributed by atoms with Crippen molar-refractivity contribution in [3.05, 3.63) is 63.7 Å². The van der Waals surface area contributed by atoms with Crippen LogP contribution in [0.25, 0.3) is 0 Å². The van der Waals surface area contributed by atoms with Crippen LogP contribution in [0.1, 0.15) is 55.4 Å². The van der Waals surface area contributed by atoms with E-state index in [4.69, 9.17) is 9.15 Å². The van der Waals surface area contributed by atoms with Crippen molar-refractivity contribution in [3.8, 4) is 5.75 Å². The van der Waals surface area contributed by atoms with Crippen LogP contribution >= 0.6 is 0 Å². The second kappa shape index (κ2) is 9.99. The predicted molar refractivity (Wildman–Crippen MR) is 125 cm³/mol. The summed E-state index contributed by atoms with van der Waals surface area (Å²) >= 11 is 0. The number of ether oxygens (including phenoxy) is 1. The SMILES string of the molecule is O=c1cc(CN2Cc3ccccc3C2)occ1OCC1CCC(CN(C2CC2)[SH](=O)=O)CC1. The summed E-state index contributed by atoms with van der Waals surface area (Å²) < 4.78 is 36.2. The molecule has 1 aliphatic heterocycles. The van der Waals surface area contributed by atoms with E-state index < -0.39 is 10.9 Å². The van der Waals surface area contributed by atoms with Gasteiger partial charge in [-0.3, -0.25) is 9.69 Å². The van der Waals surface area contributed by atoms with E-state index in [0.717, 1.165) is 51.6 Å². The van der Waals surface area contributed by atoms with Gasteiger partial charge in [0.05, 0.1) is 13.2 Å². The molecule has 0 saturated heterocycles. The molecule has 2 aliphatic carbocycles. The van der Waals surface area contributed by atoms with Gasteiger partial charge in [-0.05, 0) is 61.5 Å². The molecule has 2 fully saturated rings. The molecule has 0 unspecified atom stereocenters. The monoisotopic (exact) mass is 472 g/mol. The molecule has 2 saturated carbocycles. The first-order valence-corrected chi connectivity index (χ1v) is 13.1. The Kier molecular flexibility index (Phi) is 6.85. The van der Waals surface area contributed by atoms with E-state index in [1.54, 1.807) is 10.4 Å². The minimum Gasteiger partial charge on any atom is -0.486 e. The van der Waals surface area contributed by atoms with Crippen LogP contribution in [-0.2, 0) is 30.5 Å². The van der Waals surface area contributed by atoms with Gasteiger partial charge < -0.3 is 9.15 Å². The molecular weight excluding hydrogens is 440 g/mol. The summed E-state index contributed by atoms with van der Waals surface area (Å²) in [6.45, 7) is 3.49. The Morgan fingerprint density at radius 1 is 1.00 bits per heavy atom. The lowest BCUT2D eigenvalue weighted by molar-refractivity contribution is 0.166. The van der Waals surface area contributed by atoms with Crippen molar-refractivity contribution in [2.24, 2.45) is 11.8 Å². The quantitative estimate of drug-likeness (QED) is 0.564. The summed E-state index contributed by atoms with van der Waals surface area (Å²) in [7, 11) is -2.48. The minimum absolute atomic E-state index is 0.138. The number of hydrogen-bond acceptors (Lipinski definition) is 6. The molecule has 0 N–H and O–H groups in total. The molecule has 2 heterocycles. The van der Waals surface area contributed by atoms with Gasteiger partial charge in [0.2, 0.25) is 22.1 Å². The van der Waals surface area contributed by atoms with Crippen LogP contribution in [0.15, 0.2) is 45.8 Å². The van der Waals surface area contributed by atoms with Crippen LogP contribution < -0.4 is 10.2 Å². The molecule has 0 amide bonds. The Labute approximate surface area is 196 Å². The molecule has 0 atom stereocenters. The smallest absolute Gasteiger partial charge is 0.227 e. The van der Waals surface area contributed by atoms with Gasteiger partial charge >= 0.3 is 0 Å². The number of fused-ring (bicyclic) bond motifs is 1. The molecule has 5 rings (SSSR count). The molecular formula is C25H32N2O5S. The maximum absolute atomic E-state index is 12.5. The number of nitrogens with zero attached hydrogens (tertiary/aromatic N) is 2. The first kappa shape index (κ1) is 22.6. The van der Waals surface area contributed by atoms with Crippen molar-refractivity contribution < 1.29 is 17.6 Å². The fourth-order valence-electron chi connectivity index (χ4n) is 5.14. The summed E-state index contributed by atoms with van der Waals surface area (Å²) in [6.07, 6.45) is 7.46. The summed E-state index contributed by atoms with van der Waals surface area (Å²) in [4.78, 5) is 14.8. The van der Waals surface area contributed by atoms with E-state index in [2.05, 4.69) is 29.2 Å². The molecule has 178 valence electrons. The highest BCUT2D eigenvalue weighted by Crippen LogP contribution is 2.33. The maximum atomic E-state index is 12.5. The van der Waals surface area contributed by atoms with Crippen LogP contribution in [0.3, 0.4) is 0 Å². The predicted octanol–water partition coefficient (Wildman–Crippen LogP) is 3.33. The van der Waals surface area contributed by atoms with E-state index >= 15 is 0 Å². The molecule has 1 aromatic carbocycles. The average Bonchev–Trinajstić information content (AvgIpc) is 3.56. The average molecular weight is 473 g/mol. The lowest BCUT2D eigenvalue weighted by Gasteiger charge is -2.30. The van der Waals surface area contributed by atoms with Gasteiger partial charge in [0.1, 0.15) is 12.0 Å². The highest BCUT2D eigenvalue weighted by molar-refractivity contribution is 7.69. The number of hydrogen-bond donors (Lipinski definition) is 1. The van der Waals surface area contributed by atoms with Crippen molar-refractivity contribution in [3.63, 3.8) is 0 Å². The standard InChI is InChI=1S/C25H32N2O5S/c28-24-11-23(15-26-13-20-3-1-2-4-21(20)14-26)31-17-25(24)32-16-19-7-5-18(6-8-19)12-27(33(29)30)22-9-10-22/h1-4,11,17-19,22,33H,5-10,12-16H2. The summed E-state index contributed by atoms with van der Waals surface area (Å²) in [5.41, 5.74) is 2.52. The fourth-order valence-corrected chi connectivity index (χ4v) is 6.00. The van der Waals surface area contributed by atoms with Gasteiger partial charge in [0.25, 0.3) is 0 Å². The zero-order chi connectivity index (χ0) is 22.8. The Hall–Kier alpha value is -2.16. The summed E-state index contributed by atoms with van der Waals surface area (Å²) in [5.74, 6) is 1.74. The molecule has 7 nitrogen and oxygen atoms in total. The summed E-state index contributed by atoms with van der Waals surface area (Å²) in [6, 6.07) is 10.2. The molecule has 33 heavy (non-hydrogen) atoms. The minimum atomic E-state index is -2.48. The summed E-state index contributed by atoms with van der Waals surface area (Å²) in [5, 5.41) is 0. The van der Waals surface area contributed by atoms with E-state index in [1.807, 2.05) is 0 Å². The van der Waals surface area contributed by atoms with E-state index in [1.165, 1.54) is 17.4 Å². The highest BCUT2D eigenvalue weighted by Gasteiger charge is 2.33. The third-order valence-electron chi connectivity index (χ3n) is 7.20. The zero-order valence-corrected chi connectivity index (χ0v) is 19.8. The van der Waals surface area contributed by atoms with Crippen LogP contribution in [-0.4, -0.2) is 36.8 Å². The van der Waals surface area contributed by atoms with Crippen LogP contribution in [0.2, 0.25) is 0 Å². The van der Waals surface area contributed by atoms with Gasteiger partial charge in [-0.25, -0.2) is 12.7 Å². The largest absolute Gasteiger partial charge is 0.486 e. The molecule has 0 bridgehead atoms. The number of thiol groups is 1. The molecule has 0 radical (unpaired) electrons. The second-order valence-electron chi connectivity index (χ2n) is 9.78. The molecule has 3 aliphatic rings. The lowest BCUT2D eigenvalue weighted by Crippen LogP contribution is -2.33. The Bertz CT molecular complexity index is 1070. The highest BCUT2D eigenvalue weighted by atomic mass is 32.2. The Morgan fingerprint density at radius 3 is 2.27 bits per heavy atom. The molecule has 8 heteroatoms. The first-order valence-electron chi connectivity index (χ1n) is 12.0. The lowest BCUT2D eigenvalue weighted by atomic mass is 9.82. The van der Waals surface area contributed by atoms with Crippen molar-refractivity contribution in [2.45, 2.75) is 64.2 Å². The third kappa shape index (κ3) is 5.67. The Morgan fingerprint density at radius 2 is 1.67 bits per heavy atom. The van der Waals surface area contributed by atoms with Crippen LogP contribution in [0.5, 0.6) is 5.75 Å². The van der Waals surface area contributed by atoms with Crippen molar-refractivity contribution >= 4 is 10.9 Å². The topological polar surface area (TPSA) is 80.1 Å². The van der Waals surface area contributed by atoms with Gasteiger partial charge in [-0.2, -0.15) is 0 Å². The van der Waals surface area contributed by atoms with Crippen molar-refractivity contribution in [1.29, 1.82) is 0 Å². The van der Waals surface area contributed by atoms with Crippen LogP contribution in [0.4, 0.5) is 0 Å². The molecule has 2 aromatic rings.